The first kappa shape index (κ1) is 12.0. The van der Waals surface area contributed by atoms with Crippen molar-refractivity contribution in [2.75, 3.05) is 0 Å². The number of rotatable bonds is 2. The summed E-state index contributed by atoms with van der Waals surface area (Å²) in [5, 5.41) is 0.633. The quantitative estimate of drug-likeness (QED) is 0.664. The highest BCUT2D eigenvalue weighted by atomic mass is 16.2. The molecule has 0 aliphatic rings. The largest absolute Gasteiger partial charge is 0.340 e. The average molecular weight is 218 g/mol. The van der Waals surface area contributed by atoms with Gasteiger partial charge in [0.2, 0.25) is 0 Å². The molecule has 0 saturated heterocycles. The second-order valence-electron chi connectivity index (χ2n) is 3.67. The molecule has 1 rings (SSSR count). The Labute approximate surface area is 93.1 Å². The SMILES string of the molecule is C=C(C)C(=O)n1c(=C)c(=C)n(C(=C)C)c1=O. The summed E-state index contributed by atoms with van der Waals surface area (Å²) in [5.74, 6) is -0.472. The van der Waals surface area contributed by atoms with Gasteiger partial charge in [0.25, 0.3) is 5.91 Å². The van der Waals surface area contributed by atoms with E-state index in [-0.39, 0.29) is 10.9 Å². The van der Waals surface area contributed by atoms with E-state index in [1.54, 1.807) is 6.92 Å². The molecule has 4 nitrogen and oxygen atoms in total. The zero-order chi connectivity index (χ0) is 12.6. The number of hydrogen-bond acceptors (Lipinski definition) is 2. The first-order valence-electron chi connectivity index (χ1n) is 4.66. The van der Waals surface area contributed by atoms with Crippen molar-refractivity contribution in [3.63, 3.8) is 0 Å². The lowest BCUT2D eigenvalue weighted by Gasteiger charge is -1.99. The van der Waals surface area contributed by atoms with E-state index in [1.807, 2.05) is 0 Å². The lowest BCUT2D eigenvalue weighted by molar-refractivity contribution is 0.0948. The minimum Gasteiger partial charge on any atom is -0.269 e. The monoisotopic (exact) mass is 218 g/mol. The lowest BCUT2D eigenvalue weighted by Crippen LogP contribution is -2.35. The van der Waals surface area contributed by atoms with E-state index in [4.69, 9.17) is 0 Å². The van der Waals surface area contributed by atoms with Gasteiger partial charge >= 0.3 is 5.69 Å². The van der Waals surface area contributed by atoms with Crippen molar-refractivity contribution in [2.24, 2.45) is 0 Å². The molecule has 1 heterocycles. The molecule has 0 bridgehead atoms. The van der Waals surface area contributed by atoms with Crippen LogP contribution in [0.3, 0.4) is 0 Å². The topological polar surface area (TPSA) is 44.0 Å². The summed E-state index contributed by atoms with van der Waals surface area (Å²) in [5.41, 5.74) is 0.259. The summed E-state index contributed by atoms with van der Waals surface area (Å²) in [6.45, 7) is 17.7. The van der Waals surface area contributed by atoms with Gasteiger partial charge in [0.05, 0.1) is 10.7 Å². The average Bonchev–Trinajstić information content (AvgIpc) is 2.37. The molecule has 0 aromatic carbocycles. The molecule has 1 aromatic rings. The minimum absolute atomic E-state index is 0.265. The van der Waals surface area contributed by atoms with E-state index in [9.17, 15) is 9.59 Å². The highest BCUT2D eigenvalue weighted by Gasteiger charge is 2.14. The third kappa shape index (κ3) is 1.58. The van der Waals surface area contributed by atoms with Crippen LogP contribution >= 0.6 is 0 Å². The van der Waals surface area contributed by atoms with Crippen molar-refractivity contribution in [2.45, 2.75) is 13.8 Å². The minimum atomic E-state index is -0.504. The Morgan fingerprint density at radius 1 is 1.06 bits per heavy atom. The summed E-state index contributed by atoms with van der Waals surface area (Å²) in [6.07, 6.45) is 0. The van der Waals surface area contributed by atoms with Gasteiger partial charge in [0.15, 0.2) is 0 Å². The molecule has 0 N–H and O–H groups in total. The van der Waals surface area contributed by atoms with Crippen LogP contribution in [0.4, 0.5) is 0 Å². The zero-order valence-electron chi connectivity index (χ0n) is 9.54. The van der Waals surface area contributed by atoms with Crippen LogP contribution in [0.5, 0.6) is 0 Å². The van der Waals surface area contributed by atoms with E-state index in [0.29, 0.717) is 11.0 Å². The molecule has 84 valence electrons. The Hall–Kier alpha value is -2.10. The maximum atomic E-state index is 11.9. The van der Waals surface area contributed by atoms with Crippen molar-refractivity contribution in [3.8, 4) is 0 Å². The highest BCUT2D eigenvalue weighted by molar-refractivity contribution is 5.94. The Kier molecular flexibility index (Phi) is 2.85. The molecule has 0 aliphatic heterocycles. The van der Waals surface area contributed by atoms with E-state index < -0.39 is 11.6 Å². The first-order valence-corrected chi connectivity index (χ1v) is 4.66. The molecule has 0 aliphatic carbocycles. The number of imidazole rings is 1. The second-order valence-corrected chi connectivity index (χ2v) is 3.67. The Morgan fingerprint density at radius 2 is 1.50 bits per heavy atom. The fourth-order valence-electron chi connectivity index (χ4n) is 1.38. The Balaban J connectivity index is 3.77. The number of carbonyl (C=O) groups excluding carboxylic acids is 1. The van der Waals surface area contributed by atoms with Crippen LogP contribution in [-0.2, 0) is 0 Å². The van der Waals surface area contributed by atoms with Crippen molar-refractivity contribution >= 4 is 24.8 Å². The van der Waals surface area contributed by atoms with Gasteiger partial charge in [-0.2, -0.15) is 0 Å². The zero-order valence-corrected chi connectivity index (χ0v) is 9.54. The Morgan fingerprint density at radius 3 is 1.81 bits per heavy atom. The molecule has 4 heteroatoms. The van der Waals surface area contributed by atoms with Gasteiger partial charge in [-0.25, -0.2) is 9.36 Å². The number of nitrogens with zero attached hydrogens (tertiary/aromatic N) is 2. The molecule has 0 fully saturated rings. The van der Waals surface area contributed by atoms with E-state index in [0.717, 1.165) is 4.57 Å². The summed E-state index contributed by atoms with van der Waals surface area (Å²) >= 11 is 0. The second kappa shape index (κ2) is 3.81. The van der Waals surface area contributed by atoms with Crippen LogP contribution in [0, 0.1) is 0 Å². The van der Waals surface area contributed by atoms with Crippen molar-refractivity contribution < 1.29 is 4.79 Å². The van der Waals surface area contributed by atoms with Crippen molar-refractivity contribution in [3.05, 3.63) is 39.9 Å². The molecule has 0 saturated carbocycles. The highest BCUT2D eigenvalue weighted by Crippen LogP contribution is 1.92. The Bertz CT molecular complexity index is 644. The fourth-order valence-corrected chi connectivity index (χ4v) is 1.38. The van der Waals surface area contributed by atoms with Gasteiger partial charge in [-0.15, -0.1) is 0 Å². The number of allylic oxidation sites excluding steroid dienone is 2. The van der Waals surface area contributed by atoms with E-state index in [2.05, 4.69) is 26.3 Å². The summed E-state index contributed by atoms with van der Waals surface area (Å²) in [7, 11) is 0. The van der Waals surface area contributed by atoms with E-state index in [1.165, 1.54) is 11.5 Å². The summed E-state index contributed by atoms with van der Waals surface area (Å²) < 4.78 is 2.21. The van der Waals surface area contributed by atoms with Crippen molar-refractivity contribution in [1.82, 2.24) is 9.13 Å². The number of hydrogen-bond donors (Lipinski definition) is 0. The smallest absolute Gasteiger partial charge is 0.269 e. The van der Waals surface area contributed by atoms with Crippen LogP contribution in [0.25, 0.3) is 18.9 Å². The van der Waals surface area contributed by atoms with E-state index >= 15 is 0 Å². The summed E-state index contributed by atoms with van der Waals surface area (Å²) in [6, 6.07) is 0. The number of aromatic nitrogens is 2. The van der Waals surface area contributed by atoms with Crippen LogP contribution in [-0.4, -0.2) is 15.0 Å². The third-order valence-electron chi connectivity index (χ3n) is 2.21. The maximum absolute atomic E-state index is 11.9. The number of carbonyl (C=O) groups is 1. The molecule has 1 aromatic heterocycles. The lowest BCUT2D eigenvalue weighted by atomic mass is 10.3. The maximum Gasteiger partial charge on any atom is 0.340 e. The molecule has 0 unspecified atom stereocenters. The molecular formula is C12H14N2O2. The molecule has 0 spiro atoms. The summed E-state index contributed by atoms with van der Waals surface area (Å²) in [4.78, 5) is 23.6. The van der Waals surface area contributed by atoms with Gasteiger partial charge < -0.3 is 0 Å². The van der Waals surface area contributed by atoms with Gasteiger partial charge in [-0.1, -0.05) is 26.3 Å². The van der Waals surface area contributed by atoms with Crippen LogP contribution in [0.2, 0.25) is 0 Å². The predicted molar refractivity (Wildman–Crippen MR) is 65.4 cm³/mol. The molecular weight excluding hydrogens is 204 g/mol. The normalized spacial score (nSPS) is 10.1. The van der Waals surface area contributed by atoms with Crippen LogP contribution < -0.4 is 16.4 Å². The van der Waals surface area contributed by atoms with Crippen LogP contribution in [0.1, 0.15) is 18.6 Å². The molecule has 0 atom stereocenters. The predicted octanol–water partition coefficient (Wildman–Crippen LogP) is 0.177. The van der Waals surface area contributed by atoms with Gasteiger partial charge in [-0.05, 0) is 13.8 Å². The van der Waals surface area contributed by atoms with Gasteiger partial charge in [0, 0.05) is 11.3 Å². The van der Waals surface area contributed by atoms with Gasteiger partial charge in [-0.3, -0.25) is 9.36 Å². The molecule has 0 amide bonds. The fraction of sp³-hybridized carbons (Fsp3) is 0.167. The molecule has 16 heavy (non-hydrogen) atoms. The third-order valence-corrected chi connectivity index (χ3v) is 2.21. The van der Waals surface area contributed by atoms with Gasteiger partial charge in [0.1, 0.15) is 0 Å². The molecule has 0 radical (unpaired) electrons. The standard InChI is InChI=1S/C12H14N2O2/c1-7(2)11(15)14-10(6)9(5)13(8(3)4)12(14)16/h1,3,5-6H2,2,4H3. The van der Waals surface area contributed by atoms with Crippen LogP contribution in [0.15, 0.2) is 23.5 Å². The van der Waals surface area contributed by atoms with Crippen molar-refractivity contribution in [1.29, 1.82) is 0 Å². The first-order chi connectivity index (χ1) is 7.29.